The number of anilines is 1. The minimum atomic E-state index is -1.45. The van der Waals surface area contributed by atoms with Gasteiger partial charge in [0.2, 0.25) is 5.91 Å². The second-order valence-electron chi connectivity index (χ2n) is 11.0. The lowest BCUT2D eigenvalue weighted by molar-refractivity contribution is -0.915. The monoisotopic (exact) mass is 511 g/mol. The molecule has 2 aromatic carbocycles. The van der Waals surface area contributed by atoms with E-state index >= 15 is 0 Å². The number of benzene rings is 2. The second kappa shape index (κ2) is 9.36. The van der Waals surface area contributed by atoms with Crippen LogP contribution in [0.25, 0.3) is 0 Å². The first-order valence-corrected chi connectivity index (χ1v) is 13.2. The number of aromatic nitrogens is 1. The average molecular weight is 512 g/mol. The topological polar surface area (TPSA) is 92.9 Å². The first-order chi connectivity index (χ1) is 18.3. The summed E-state index contributed by atoms with van der Waals surface area (Å²) in [5.41, 5.74) is 2.00. The first-order valence-electron chi connectivity index (χ1n) is 13.2. The Hall–Kier alpha value is -4.04. The maximum atomic E-state index is 14.3. The number of para-hydroxylation sites is 1. The van der Waals surface area contributed by atoms with Gasteiger partial charge < -0.3 is 9.47 Å². The average Bonchev–Trinajstić information content (AvgIpc) is 2.90. The van der Waals surface area contributed by atoms with Gasteiger partial charge in [0.25, 0.3) is 11.5 Å². The van der Waals surface area contributed by atoms with Crippen LogP contribution in [0, 0.1) is 18.3 Å². The molecule has 3 aliphatic rings. The van der Waals surface area contributed by atoms with Crippen LogP contribution in [0.3, 0.4) is 0 Å². The highest BCUT2D eigenvalue weighted by molar-refractivity contribution is 6.30. The Bertz CT molecular complexity index is 1470. The number of carbonyl (C=O) groups excluding carboxylic acids is 3. The van der Waals surface area contributed by atoms with Gasteiger partial charge >= 0.3 is 6.03 Å². The van der Waals surface area contributed by atoms with E-state index < -0.39 is 23.3 Å². The Balaban J connectivity index is 1.38. The predicted molar refractivity (Wildman–Crippen MR) is 142 cm³/mol. The zero-order valence-corrected chi connectivity index (χ0v) is 21.4. The van der Waals surface area contributed by atoms with E-state index in [1.54, 1.807) is 30.3 Å². The summed E-state index contributed by atoms with van der Waals surface area (Å²) < 4.78 is 1.88. The second-order valence-corrected chi connectivity index (χ2v) is 11.0. The first kappa shape index (κ1) is 24.3. The molecule has 4 amide bonds. The molecule has 2 bridgehead atoms. The number of pyridine rings is 1. The standard InChI is InChI=1S/C30H30N4O4/c1-20-10-12-21(13-11-20)15-30(27(36)31-29(38)34(28(30)37)24-6-3-2-4-7-24)19-32-16-22-14-23(18-32)25-8-5-9-26(35)33(25)17-22/h2-13,22-23H,14-19H2,1H3,(H,31,36,38)/p+1/t22-,23+,30+/m0/s1. The van der Waals surface area contributed by atoms with Gasteiger partial charge in [-0.2, -0.15) is 0 Å². The maximum Gasteiger partial charge on any atom is 0.335 e. The van der Waals surface area contributed by atoms with E-state index in [4.69, 9.17) is 0 Å². The summed E-state index contributed by atoms with van der Waals surface area (Å²) in [5, 5.41) is 2.51. The summed E-state index contributed by atoms with van der Waals surface area (Å²) in [6.07, 6.45) is 1.19. The van der Waals surface area contributed by atoms with Crippen LogP contribution in [-0.4, -0.2) is 42.0 Å². The number of imide groups is 2. The van der Waals surface area contributed by atoms with Crippen LogP contribution in [-0.2, 0) is 22.6 Å². The third-order valence-electron chi connectivity index (χ3n) is 8.34. The van der Waals surface area contributed by atoms with Crippen molar-refractivity contribution in [2.45, 2.75) is 32.2 Å². The van der Waals surface area contributed by atoms with Gasteiger partial charge in [-0.05, 0) is 37.1 Å². The van der Waals surface area contributed by atoms with Crippen molar-refractivity contribution in [2.75, 3.05) is 24.5 Å². The Labute approximate surface area is 220 Å². The number of piperidine rings is 1. The molecule has 1 unspecified atom stereocenters. The van der Waals surface area contributed by atoms with Crippen molar-refractivity contribution in [1.82, 2.24) is 9.88 Å². The number of quaternary nitrogens is 1. The lowest BCUT2D eigenvalue weighted by atomic mass is 9.75. The molecular formula is C30H31N4O4+. The van der Waals surface area contributed by atoms with Crippen molar-refractivity contribution in [3.05, 3.63) is 100.0 Å². The summed E-state index contributed by atoms with van der Waals surface area (Å²) in [4.78, 5) is 55.7. The minimum Gasteiger partial charge on any atom is -0.333 e. The number of barbiturate groups is 1. The number of urea groups is 1. The van der Waals surface area contributed by atoms with E-state index in [9.17, 15) is 19.2 Å². The summed E-state index contributed by atoms with van der Waals surface area (Å²) in [6.45, 7) is 4.39. The molecule has 0 saturated carbocycles. The Kier molecular flexibility index (Phi) is 5.99. The molecule has 194 valence electrons. The van der Waals surface area contributed by atoms with E-state index in [0.29, 0.717) is 12.2 Å². The predicted octanol–water partition coefficient (Wildman–Crippen LogP) is 1.67. The Morgan fingerprint density at radius 2 is 1.68 bits per heavy atom. The minimum absolute atomic E-state index is 0.0235. The van der Waals surface area contributed by atoms with Crippen molar-refractivity contribution in [3.63, 3.8) is 0 Å². The van der Waals surface area contributed by atoms with Gasteiger partial charge in [-0.25, -0.2) is 9.69 Å². The molecule has 6 rings (SSSR count). The largest absolute Gasteiger partial charge is 0.335 e. The van der Waals surface area contributed by atoms with Crippen molar-refractivity contribution < 1.29 is 19.3 Å². The van der Waals surface area contributed by atoms with Gasteiger partial charge in [0.05, 0.1) is 18.8 Å². The summed E-state index contributed by atoms with van der Waals surface area (Å²) in [6, 6.07) is 21.3. The van der Waals surface area contributed by atoms with Crippen molar-refractivity contribution in [3.8, 4) is 0 Å². The summed E-state index contributed by atoms with van der Waals surface area (Å²) in [7, 11) is 0. The SMILES string of the molecule is Cc1ccc(C[C@@]2(C[NH+]3C[C@@H]4C[C@H](C3)c3cccc(=O)n3C4)C(=O)NC(=O)N(c3ccccc3)C2=O)cc1. The van der Waals surface area contributed by atoms with Crippen molar-refractivity contribution in [1.29, 1.82) is 0 Å². The maximum absolute atomic E-state index is 14.3. The van der Waals surface area contributed by atoms with Gasteiger partial charge in [-0.3, -0.25) is 19.7 Å². The molecule has 4 heterocycles. The molecule has 0 aliphatic carbocycles. The highest BCUT2D eigenvalue weighted by Gasteiger charge is 2.57. The molecule has 0 spiro atoms. The number of nitrogens with zero attached hydrogens (tertiary/aromatic N) is 2. The Morgan fingerprint density at radius 1 is 0.921 bits per heavy atom. The van der Waals surface area contributed by atoms with Crippen molar-refractivity contribution in [2.24, 2.45) is 11.3 Å². The van der Waals surface area contributed by atoms with Crippen LogP contribution in [0.2, 0.25) is 0 Å². The normalized spacial score (nSPS) is 26.6. The summed E-state index contributed by atoms with van der Waals surface area (Å²) >= 11 is 0. The molecule has 2 fully saturated rings. The van der Waals surface area contributed by atoms with Crippen LogP contribution >= 0.6 is 0 Å². The lowest BCUT2D eigenvalue weighted by Crippen LogP contribution is -3.16. The fourth-order valence-electron chi connectivity index (χ4n) is 6.61. The van der Waals surface area contributed by atoms with Crippen LogP contribution in [0.4, 0.5) is 10.5 Å². The van der Waals surface area contributed by atoms with Gasteiger partial charge in [-0.15, -0.1) is 0 Å². The van der Waals surface area contributed by atoms with Gasteiger partial charge in [0.1, 0.15) is 6.54 Å². The highest BCUT2D eigenvalue weighted by atomic mass is 16.2. The number of nitrogens with one attached hydrogen (secondary N) is 2. The molecule has 1 aromatic heterocycles. The number of rotatable bonds is 5. The molecule has 0 radical (unpaired) electrons. The van der Waals surface area contributed by atoms with Gasteiger partial charge in [0, 0.05) is 36.6 Å². The van der Waals surface area contributed by atoms with Crippen LogP contribution in [0.1, 0.15) is 29.2 Å². The number of hydrogen-bond donors (Lipinski definition) is 2. The zero-order chi connectivity index (χ0) is 26.4. The number of aryl methyl sites for hydroxylation is 1. The van der Waals surface area contributed by atoms with E-state index in [-0.39, 0.29) is 30.4 Å². The molecule has 8 nitrogen and oxygen atoms in total. The highest BCUT2D eigenvalue weighted by Crippen LogP contribution is 2.34. The number of fused-ring (bicyclic) bond motifs is 4. The quantitative estimate of drug-likeness (QED) is 0.510. The molecule has 2 N–H and O–H groups in total. The lowest BCUT2D eigenvalue weighted by Gasteiger charge is -2.45. The molecule has 8 heteroatoms. The number of hydrogen-bond acceptors (Lipinski definition) is 4. The third-order valence-corrected chi connectivity index (χ3v) is 8.34. The van der Waals surface area contributed by atoms with Crippen LogP contribution < -0.4 is 20.7 Å². The van der Waals surface area contributed by atoms with E-state index in [1.807, 2.05) is 54.0 Å². The molecule has 4 atom stereocenters. The van der Waals surface area contributed by atoms with E-state index in [0.717, 1.165) is 46.1 Å². The summed E-state index contributed by atoms with van der Waals surface area (Å²) in [5.74, 6) is -0.573. The van der Waals surface area contributed by atoms with E-state index in [2.05, 4.69) is 5.32 Å². The molecule has 3 aliphatic heterocycles. The Morgan fingerprint density at radius 3 is 2.45 bits per heavy atom. The van der Waals surface area contributed by atoms with E-state index in [1.165, 1.54) is 0 Å². The zero-order valence-electron chi connectivity index (χ0n) is 21.4. The fraction of sp³-hybridized carbons (Fsp3) is 0.333. The fourth-order valence-corrected chi connectivity index (χ4v) is 6.61. The van der Waals surface area contributed by atoms with Crippen LogP contribution in [0.15, 0.2) is 77.6 Å². The third kappa shape index (κ3) is 4.15. The van der Waals surface area contributed by atoms with Crippen LogP contribution in [0.5, 0.6) is 0 Å². The number of carbonyl (C=O) groups is 3. The molecular weight excluding hydrogens is 480 g/mol. The molecule has 3 aromatic rings. The van der Waals surface area contributed by atoms with Gasteiger partial charge in [-0.1, -0.05) is 54.1 Å². The smallest absolute Gasteiger partial charge is 0.333 e. The molecule has 38 heavy (non-hydrogen) atoms. The number of amides is 4. The van der Waals surface area contributed by atoms with Gasteiger partial charge in [0.15, 0.2) is 5.41 Å². The molecule has 2 saturated heterocycles. The van der Waals surface area contributed by atoms with Crippen molar-refractivity contribution >= 4 is 23.5 Å². The number of likely N-dealkylation sites (tertiary alicyclic amines) is 1.